The van der Waals surface area contributed by atoms with Crippen LogP contribution in [-0.4, -0.2) is 52.3 Å². The molecule has 0 aliphatic carbocycles. The molecule has 1 aliphatic rings. The van der Waals surface area contributed by atoms with Crippen LogP contribution in [0.25, 0.3) is 0 Å². The van der Waals surface area contributed by atoms with E-state index in [0.717, 1.165) is 31.2 Å². The minimum atomic E-state index is -3.99. The normalized spacial score (nSPS) is 15.9. The smallest absolute Gasteiger partial charge is 0.253 e. The van der Waals surface area contributed by atoms with Crippen LogP contribution < -0.4 is 14.9 Å². The number of halogens is 2. The third-order valence-electron chi connectivity index (χ3n) is 4.84. The van der Waals surface area contributed by atoms with E-state index < -0.39 is 40.0 Å². The van der Waals surface area contributed by atoms with Crippen LogP contribution in [-0.2, 0) is 19.6 Å². The molecule has 3 rings (SSSR count). The first-order chi connectivity index (χ1) is 15.1. The molecule has 0 aromatic heterocycles. The summed E-state index contributed by atoms with van der Waals surface area (Å²) in [5.74, 6) is -3.57. The van der Waals surface area contributed by atoms with E-state index >= 15 is 0 Å². The average Bonchev–Trinajstić information content (AvgIpc) is 3.26. The minimum Gasteiger partial charge on any atom is -0.376 e. The van der Waals surface area contributed by atoms with Gasteiger partial charge in [-0.05, 0) is 37.1 Å². The number of nitrogens with one attached hydrogen (secondary N) is 2. The Labute approximate surface area is 184 Å². The summed E-state index contributed by atoms with van der Waals surface area (Å²) in [5, 5.41) is 5.27. The van der Waals surface area contributed by atoms with Crippen molar-refractivity contribution >= 4 is 33.2 Å². The maximum atomic E-state index is 13.6. The van der Waals surface area contributed by atoms with Crippen LogP contribution in [0, 0.1) is 11.6 Å². The van der Waals surface area contributed by atoms with Gasteiger partial charge in [-0.15, -0.1) is 0 Å². The molecule has 32 heavy (non-hydrogen) atoms. The van der Waals surface area contributed by atoms with Crippen LogP contribution in [0.1, 0.15) is 23.2 Å². The summed E-state index contributed by atoms with van der Waals surface area (Å²) in [5.41, 5.74) is 0.169. The molecule has 2 aromatic carbocycles. The van der Waals surface area contributed by atoms with Crippen LogP contribution in [0.3, 0.4) is 0 Å². The molecule has 1 saturated heterocycles. The van der Waals surface area contributed by atoms with Gasteiger partial charge in [0.15, 0.2) is 11.6 Å². The fraction of sp³-hybridized carbons (Fsp3) is 0.333. The average molecular weight is 467 g/mol. The first-order valence-corrected chi connectivity index (χ1v) is 11.7. The quantitative estimate of drug-likeness (QED) is 0.620. The molecule has 1 aliphatic heterocycles. The zero-order chi connectivity index (χ0) is 23.3. The lowest BCUT2D eigenvalue weighted by Crippen LogP contribution is -2.38. The fourth-order valence-corrected chi connectivity index (χ4v) is 4.11. The third kappa shape index (κ3) is 6.01. The first kappa shape index (κ1) is 23.6. The molecule has 1 fully saturated rings. The lowest BCUT2D eigenvalue weighted by Gasteiger charge is -2.22. The van der Waals surface area contributed by atoms with Crippen LogP contribution in [0.2, 0.25) is 0 Å². The lowest BCUT2D eigenvalue weighted by atomic mass is 10.1. The monoisotopic (exact) mass is 467 g/mol. The zero-order valence-corrected chi connectivity index (χ0v) is 18.1. The molecule has 11 heteroatoms. The molecule has 1 heterocycles. The van der Waals surface area contributed by atoms with Crippen LogP contribution in [0.4, 0.5) is 20.2 Å². The Balaban J connectivity index is 1.72. The topological polar surface area (TPSA) is 105 Å². The highest BCUT2D eigenvalue weighted by molar-refractivity contribution is 7.92. The molecule has 0 bridgehead atoms. The van der Waals surface area contributed by atoms with Crippen molar-refractivity contribution in [3.05, 3.63) is 59.7 Å². The number of carbonyl (C=O) groups excluding carboxylic acids is 2. The Morgan fingerprint density at radius 2 is 1.91 bits per heavy atom. The molecule has 0 saturated carbocycles. The number of rotatable bonds is 8. The predicted molar refractivity (Wildman–Crippen MR) is 115 cm³/mol. The number of nitrogens with zero attached hydrogens (tertiary/aromatic N) is 1. The standard InChI is InChI=1S/C21H23F2N3O5S/c1-32(29,30)26(14-8-9-17(22)18(23)11-14)13-20(27)25-19-7-3-2-6-16(19)21(28)24-12-15-5-4-10-31-15/h2-3,6-9,11,15H,4-5,10,12-13H2,1H3,(H,24,28)(H,25,27)/t15-/m0/s1. The van der Waals surface area contributed by atoms with Gasteiger partial charge in [-0.25, -0.2) is 17.2 Å². The van der Waals surface area contributed by atoms with E-state index in [-0.39, 0.29) is 23.0 Å². The van der Waals surface area contributed by atoms with Gasteiger partial charge in [0.05, 0.1) is 29.3 Å². The molecular formula is C21H23F2N3O5S. The van der Waals surface area contributed by atoms with E-state index in [2.05, 4.69) is 10.6 Å². The largest absolute Gasteiger partial charge is 0.376 e. The highest BCUT2D eigenvalue weighted by Crippen LogP contribution is 2.21. The summed E-state index contributed by atoms with van der Waals surface area (Å²) in [4.78, 5) is 25.2. The first-order valence-electron chi connectivity index (χ1n) is 9.86. The fourth-order valence-electron chi connectivity index (χ4n) is 3.26. The van der Waals surface area contributed by atoms with Crippen molar-refractivity contribution in [1.29, 1.82) is 0 Å². The Morgan fingerprint density at radius 1 is 1.16 bits per heavy atom. The van der Waals surface area contributed by atoms with E-state index in [1.54, 1.807) is 12.1 Å². The lowest BCUT2D eigenvalue weighted by molar-refractivity contribution is -0.114. The van der Waals surface area contributed by atoms with Crippen molar-refractivity contribution in [1.82, 2.24) is 5.32 Å². The van der Waals surface area contributed by atoms with E-state index in [1.165, 1.54) is 12.1 Å². The second-order valence-electron chi connectivity index (χ2n) is 7.31. The molecular weight excluding hydrogens is 444 g/mol. The third-order valence-corrected chi connectivity index (χ3v) is 5.98. The summed E-state index contributed by atoms with van der Waals surface area (Å²) < 4.78 is 57.2. The van der Waals surface area contributed by atoms with Gasteiger partial charge < -0.3 is 15.4 Å². The number of carbonyl (C=O) groups is 2. The van der Waals surface area contributed by atoms with Gasteiger partial charge in [-0.1, -0.05) is 12.1 Å². The van der Waals surface area contributed by atoms with Gasteiger partial charge in [0, 0.05) is 19.2 Å². The molecule has 0 spiro atoms. The summed E-state index contributed by atoms with van der Waals surface area (Å²) in [6, 6.07) is 8.77. The number of hydrogen-bond donors (Lipinski definition) is 2. The van der Waals surface area contributed by atoms with Crippen molar-refractivity contribution < 1.29 is 31.5 Å². The highest BCUT2D eigenvalue weighted by atomic mass is 32.2. The van der Waals surface area contributed by atoms with Crippen LogP contribution >= 0.6 is 0 Å². The second kappa shape index (κ2) is 10.0. The van der Waals surface area contributed by atoms with E-state index in [0.29, 0.717) is 23.5 Å². The van der Waals surface area contributed by atoms with Crippen LogP contribution in [0.15, 0.2) is 42.5 Å². The van der Waals surface area contributed by atoms with Gasteiger partial charge in [0.1, 0.15) is 6.54 Å². The van der Waals surface area contributed by atoms with Crippen molar-refractivity contribution in [3.8, 4) is 0 Å². The van der Waals surface area contributed by atoms with E-state index in [4.69, 9.17) is 4.74 Å². The number of anilines is 2. The van der Waals surface area contributed by atoms with Gasteiger partial charge in [0.2, 0.25) is 15.9 Å². The number of sulfonamides is 1. The van der Waals surface area contributed by atoms with Crippen molar-refractivity contribution in [2.24, 2.45) is 0 Å². The summed E-state index contributed by atoms with van der Waals surface area (Å²) in [6.45, 7) is 0.289. The highest BCUT2D eigenvalue weighted by Gasteiger charge is 2.23. The Hall–Kier alpha value is -3.05. The van der Waals surface area contributed by atoms with Gasteiger partial charge in [-0.3, -0.25) is 13.9 Å². The van der Waals surface area contributed by atoms with Gasteiger partial charge in [0.25, 0.3) is 5.91 Å². The Bertz CT molecular complexity index is 1100. The number of para-hydroxylation sites is 1. The minimum absolute atomic E-state index is 0.0554. The molecule has 172 valence electrons. The maximum absolute atomic E-state index is 13.6. The Kier molecular flexibility index (Phi) is 7.41. The number of ether oxygens (including phenoxy) is 1. The number of hydrogen-bond acceptors (Lipinski definition) is 5. The molecule has 1 atom stereocenters. The van der Waals surface area contributed by atoms with Crippen molar-refractivity contribution in [2.75, 3.05) is 35.6 Å². The van der Waals surface area contributed by atoms with Gasteiger partial charge in [-0.2, -0.15) is 0 Å². The van der Waals surface area contributed by atoms with Crippen LogP contribution in [0.5, 0.6) is 0 Å². The summed E-state index contributed by atoms with van der Waals surface area (Å²) >= 11 is 0. The van der Waals surface area contributed by atoms with Crippen molar-refractivity contribution in [3.63, 3.8) is 0 Å². The molecule has 2 aromatic rings. The molecule has 8 nitrogen and oxygen atoms in total. The molecule has 0 unspecified atom stereocenters. The SMILES string of the molecule is CS(=O)(=O)N(CC(=O)Nc1ccccc1C(=O)NC[C@@H]1CCCO1)c1ccc(F)c(F)c1. The molecule has 2 N–H and O–H groups in total. The molecule has 2 amide bonds. The maximum Gasteiger partial charge on any atom is 0.253 e. The predicted octanol–water partition coefficient (Wildman–Crippen LogP) is 2.28. The summed E-state index contributed by atoms with van der Waals surface area (Å²) in [7, 11) is -3.99. The van der Waals surface area contributed by atoms with Crippen molar-refractivity contribution in [2.45, 2.75) is 18.9 Å². The zero-order valence-electron chi connectivity index (χ0n) is 17.3. The van der Waals surface area contributed by atoms with E-state index in [1.807, 2.05) is 0 Å². The number of benzene rings is 2. The summed E-state index contributed by atoms with van der Waals surface area (Å²) in [6.07, 6.45) is 2.57. The second-order valence-corrected chi connectivity index (χ2v) is 9.21. The Morgan fingerprint density at radius 3 is 2.56 bits per heavy atom. The number of amides is 2. The van der Waals surface area contributed by atoms with Gasteiger partial charge >= 0.3 is 0 Å². The van der Waals surface area contributed by atoms with E-state index in [9.17, 15) is 26.8 Å². The molecule has 0 radical (unpaired) electrons.